The first-order chi connectivity index (χ1) is 13.6. The standard InChI is InChI=1S/C24H26F4/c25-15-3-1-2-4-17-5-7-18(8-6-17)19-9-11-20(12-10-19)21-13-14-22(24(27)28)23(26)16-21/h1,3,9-14,16-18,24H,2,4-8,15H2/b3-1+. The lowest BCUT2D eigenvalue weighted by Gasteiger charge is -2.28. The largest absolute Gasteiger partial charge is 0.266 e. The highest BCUT2D eigenvalue weighted by atomic mass is 19.3. The van der Waals surface area contributed by atoms with Gasteiger partial charge in [-0.25, -0.2) is 17.6 Å². The molecule has 0 aromatic heterocycles. The third-order valence-electron chi connectivity index (χ3n) is 5.80. The van der Waals surface area contributed by atoms with Crippen molar-refractivity contribution in [3.8, 4) is 11.1 Å². The quantitative estimate of drug-likeness (QED) is 0.332. The molecule has 28 heavy (non-hydrogen) atoms. The normalized spacial score (nSPS) is 20.2. The molecule has 0 atom stereocenters. The molecule has 1 aliphatic carbocycles. The van der Waals surface area contributed by atoms with Crippen molar-refractivity contribution < 1.29 is 17.6 Å². The zero-order valence-electron chi connectivity index (χ0n) is 15.9. The molecule has 4 heteroatoms. The van der Waals surface area contributed by atoms with Crippen LogP contribution in [0.1, 0.15) is 62.0 Å². The van der Waals surface area contributed by atoms with Gasteiger partial charge < -0.3 is 0 Å². The number of allylic oxidation sites excluding steroid dienone is 2. The van der Waals surface area contributed by atoms with Crippen molar-refractivity contribution in [1.82, 2.24) is 0 Å². The number of alkyl halides is 3. The lowest BCUT2D eigenvalue weighted by molar-refractivity contribution is 0.146. The van der Waals surface area contributed by atoms with Crippen molar-refractivity contribution in [2.45, 2.75) is 50.9 Å². The summed E-state index contributed by atoms with van der Waals surface area (Å²) in [5.74, 6) is 0.386. The second-order valence-electron chi connectivity index (χ2n) is 7.58. The fourth-order valence-electron chi connectivity index (χ4n) is 4.13. The number of hydrogen-bond donors (Lipinski definition) is 0. The smallest absolute Gasteiger partial charge is 0.247 e. The summed E-state index contributed by atoms with van der Waals surface area (Å²) in [5, 5.41) is 0. The van der Waals surface area contributed by atoms with Crippen LogP contribution in [0, 0.1) is 11.7 Å². The van der Waals surface area contributed by atoms with Gasteiger partial charge in [0.2, 0.25) is 0 Å². The van der Waals surface area contributed by atoms with Gasteiger partial charge in [0.1, 0.15) is 12.5 Å². The fourth-order valence-corrected chi connectivity index (χ4v) is 4.13. The number of halogens is 4. The molecule has 1 fully saturated rings. The predicted molar refractivity (Wildman–Crippen MR) is 106 cm³/mol. The average Bonchev–Trinajstić information content (AvgIpc) is 2.71. The lowest BCUT2D eigenvalue weighted by Crippen LogP contribution is -2.13. The average molecular weight is 390 g/mol. The van der Waals surface area contributed by atoms with Gasteiger partial charge in [-0.05, 0) is 79.2 Å². The Morgan fingerprint density at radius 2 is 1.57 bits per heavy atom. The van der Waals surface area contributed by atoms with Crippen LogP contribution in [0.5, 0.6) is 0 Å². The van der Waals surface area contributed by atoms with Crippen LogP contribution in [0.3, 0.4) is 0 Å². The predicted octanol–water partition coefficient (Wildman–Crippen LogP) is 8.01. The topological polar surface area (TPSA) is 0 Å². The minimum atomic E-state index is -2.80. The molecular formula is C24H26F4. The fraction of sp³-hybridized carbons (Fsp3) is 0.417. The molecule has 2 aromatic rings. The highest BCUT2D eigenvalue weighted by molar-refractivity contribution is 5.64. The van der Waals surface area contributed by atoms with E-state index in [1.807, 2.05) is 18.2 Å². The molecule has 0 spiro atoms. The first-order valence-electron chi connectivity index (χ1n) is 9.97. The minimum absolute atomic E-state index is 0.383. The van der Waals surface area contributed by atoms with Crippen LogP contribution in [-0.4, -0.2) is 6.67 Å². The van der Waals surface area contributed by atoms with Gasteiger partial charge in [0, 0.05) is 0 Å². The SMILES string of the molecule is FC/C=C/CCC1CCC(c2ccc(-c3ccc(C(F)F)c(F)c3)cc2)CC1. The molecule has 0 saturated heterocycles. The molecule has 1 aliphatic rings. The van der Waals surface area contributed by atoms with E-state index in [4.69, 9.17) is 0 Å². The molecule has 0 unspecified atom stereocenters. The molecular weight excluding hydrogens is 364 g/mol. The van der Waals surface area contributed by atoms with Crippen LogP contribution < -0.4 is 0 Å². The Morgan fingerprint density at radius 1 is 0.893 bits per heavy atom. The summed E-state index contributed by atoms with van der Waals surface area (Å²) in [6.45, 7) is -0.383. The Hall–Kier alpha value is -2.10. The van der Waals surface area contributed by atoms with Crippen molar-refractivity contribution in [2.24, 2.45) is 5.92 Å². The zero-order chi connectivity index (χ0) is 19.9. The van der Waals surface area contributed by atoms with Crippen molar-refractivity contribution in [1.29, 1.82) is 0 Å². The molecule has 3 rings (SSSR count). The molecule has 0 amide bonds. The van der Waals surface area contributed by atoms with Crippen LogP contribution in [0.15, 0.2) is 54.6 Å². The molecule has 2 aromatic carbocycles. The molecule has 0 bridgehead atoms. The van der Waals surface area contributed by atoms with E-state index in [0.717, 1.165) is 43.2 Å². The molecule has 0 heterocycles. The van der Waals surface area contributed by atoms with Crippen molar-refractivity contribution in [3.05, 3.63) is 71.6 Å². The molecule has 1 saturated carbocycles. The van der Waals surface area contributed by atoms with Crippen LogP contribution in [0.25, 0.3) is 11.1 Å². The van der Waals surface area contributed by atoms with E-state index in [0.29, 0.717) is 11.5 Å². The monoisotopic (exact) mass is 390 g/mol. The van der Waals surface area contributed by atoms with Crippen LogP contribution in [-0.2, 0) is 0 Å². The van der Waals surface area contributed by atoms with E-state index >= 15 is 0 Å². The summed E-state index contributed by atoms with van der Waals surface area (Å²) >= 11 is 0. The minimum Gasteiger partial charge on any atom is -0.247 e. The van der Waals surface area contributed by atoms with Crippen molar-refractivity contribution in [2.75, 3.05) is 6.67 Å². The van der Waals surface area contributed by atoms with E-state index in [1.54, 1.807) is 12.1 Å². The van der Waals surface area contributed by atoms with E-state index in [9.17, 15) is 17.6 Å². The maximum Gasteiger partial charge on any atom is 0.266 e. The van der Waals surface area contributed by atoms with E-state index in [2.05, 4.69) is 12.1 Å². The van der Waals surface area contributed by atoms with Crippen molar-refractivity contribution in [3.63, 3.8) is 0 Å². The second kappa shape index (κ2) is 9.90. The molecule has 0 radical (unpaired) electrons. The van der Waals surface area contributed by atoms with E-state index in [-0.39, 0.29) is 6.67 Å². The number of rotatable bonds is 7. The Kier molecular flexibility index (Phi) is 7.30. The summed E-state index contributed by atoms with van der Waals surface area (Å²) in [6, 6.07) is 11.9. The third kappa shape index (κ3) is 5.24. The Labute approximate surface area is 164 Å². The summed E-state index contributed by atoms with van der Waals surface area (Å²) in [6.07, 6.45) is 7.47. The molecule has 150 valence electrons. The summed E-state index contributed by atoms with van der Waals surface area (Å²) in [5.41, 5.74) is 2.16. The zero-order valence-corrected chi connectivity index (χ0v) is 15.9. The van der Waals surface area contributed by atoms with Gasteiger partial charge in [-0.1, -0.05) is 42.5 Å². The summed E-state index contributed by atoms with van der Waals surface area (Å²) < 4.78 is 51.3. The number of hydrogen-bond acceptors (Lipinski definition) is 0. The first kappa shape index (κ1) is 20.6. The maximum atomic E-state index is 13.8. The molecule has 0 aliphatic heterocycles. The van der Waals surface area contributed by atoms with Crippen LogP contribution in [0.4, 0.5) is 17.6 Å². The van der Waals surface area contributed by atoms with Crippen LogP contribution >= 0.6 is 0 Å². The maximum absolute atomic E-state index is 13.8. The van der Waals surface area contributed by atoms with Crippen LogP contribution in [0.2, 0.25) is 0 Å². The number of benzene rings is 2. The second-order valence-corrected chi connectivity index (χ2v) is 7.58. The van der Waals surface area contributed by atoms with Gasteiger partial charge in [0.15, 0.2) is 0 Å². The highest BCUT2D eigenvalue weighted by Crippen LogP contribution is 2.38. The van der Waals surface area contributed by atoms with Gasteiger partial charge in [-0.3, -0.25) is 0 Å². The van der Waals surface area contributed by atoms with Gasteiger partial charge in [0.05, 0.1) is 5.56 Å². The lowest BCUT2D eigenvalue weighted by atomic mass is 9.77. The van der Waals surface area contributed by atoms with Gasteiger partial charge >= 0.3 is 0 Å². The Bertz CT molecular complexity index is 772. The molecule has 0 nitrogen and oxygen atoms in total. The third-order valence-corrected chi connectivity index (χ3v) is 5.80. The van der Waals surface area contributed by atoms with Crippen molar-refractivity contribution >= 4 is 0 Å². The summed E-state index contributed by atoms with van der Waals surface area (Å²) in [4.78, 5) is 0. The summed E-state index contributed by atoms with van der Waals surface area (Å²) in [7, 11) is 0. The van der Waals surface area contributed by atoms with Gasteiger partial charge in [-0.2, -0.15) is 0 Å². The van der Waals surface area contributed by atoms with Gasteiger partial charge in [0.25, 0.3) is 6.43 Å². The van der Waals surface area contributed by atoms with E-state index < -0.39 is 17.8 Å². The Morgan fingerprint density at radius 3 is 2.18 bits per heavy atom. The highest BCUT2D eigenvalue weighted by Gasteiger charge is 2.22. The van der Waals surface area contributed by atoms with Gasteiger partial charge in [-0.15, -0.1) is 0 Å². The first-order valence-corrected chi connectivity index (χ1v) is 9.97. The van der Waals surface area contributed by atoms with E-state index in [1.165, 1.54) is 24.5 Å². The Balaban J connectivity index is 1.58. The molecule has 0 N–H and O–H groups in total.